The number of nitrogens with zero attached hydrogens (tertiary/aromatic N) is 2. The largest absolute Gasteiger partial charge is 0.496 e. The van der Waals surface area contributed by atoms with Crippen molar-refractivity contribution in [2.45, 2.75) is 25.3 Å². The van der Waals surface area contributed by atoms with E-state index in [4.69, 9.17) is 14.2 Å². The first-order chi connectivity index (χ1) is 11.7. The molecule has 0 aromatic heterocycles. The molecule has 2 fully saturated rings. The third kappa shape index (κ3) is 4.07. The molecule has 6 heteroatoms. The van der Waals surface area contributed by atoms with Gasteiger partial charge in [-0.15, -0.1) is 0 Å². The fourth-order valence-electron chi connectivity index (χ4n) is 3.70. The molecule has 1 aromatic rings. The molecule has 3 rings (SSSR count). The average Bonchev–Trinajstić information content (AvgIpc) is 2.96. The highest BCUT2D eigenvalue weighted by atomic mass is 16.5. The number of hydrogen-bond acceptors (Lipinski definition) is 6. The van der Waals surface area contributed by atoms with Gasteiger partial charge in [0, 0.05) is 51.4 Å². The van der Waals surface area contributed by atoms with Crippen molar-refractivity contribution in [3.63, 3.8) is 0 Å². The first-order valence-corrected chi connectivity index (χ1v) is 8.58. The van der Waals surface area contributed by atoms with Gasteiger partial charge >= 0.3 is 0 Å². The van der Waals surface area contributed by atoms with E-state index in [2.05, 4.69) is 21.9 Å². The predicted molar refractivity (Wildman–Crippen MR) is 91.2 cm³/mol. The molecule has 2 aliphatic rings. The van der Waals surface area contributed by atoms with Crippen molar-refractivity contribution < 1.29 is 19.3 Å². The van der Waals surface area contributed by atoms with Crippen molar-refractivity contribution in [3.05, 3.63) is 29.3 Å². The zero-order valence-electron chi connectivity index (χ0n) is 14.6. The van der Waals surface area contributed by atoms with Crippen LogP contribution in [0, 0.1) is 0 Å². The highest BCUT2D eigenvalue weighted by Crippen LogP contribution is 2.24. The van der Waals surface area contributed by atoms with Crippen molar-refractivity contribution in [2.75, 3.05) is 53.6 Å². The summed E-state index contributed by atoms with van der Waals surface area (Å²) in [4.78, 5) is 4.68. The molecule has 134 valence electrons. The molecular weight excluding hydrogens is 308 g/mol. The lowest BCUT2D eigenvalue weighted by Crippen LogP contribution is -2.48. The SMILES string of the molecule is COCc1cc(CN2C[C@H](O)[C@@H](N3CCOCC3)C2)ccc1OC. The number of hydrogen-bond donors (Lipinski definition) is 1. The lowest BCUT2D eigenvalue weighted by molar-refractivity contribution is -0.00618. The number of benzene rings is 1. The summed E-state index contributed by atoms with van der Waals surface area (Å²) in [5.74, 6) is 0.855. The standard InChI is InChI=1S/C18H28N2O4/c1-22-13-15-9-14(3-4-18(15)23-2)10-19-11-16(17(21)12-19)20-5-7-24-8-6-20/h3-4,9,16-17,21H,5-8,10-13H2,1-2H3/t16-,17-/m0/s1. The monoisotopic (exact) mass is 336 g/mol. The summed E-state index contributed by atoms with van der Waals surface area (Å²) in [6.07, 6.45) is -0.292. The van der Waals surface area contributed by atoms with Gasteiger partial charge < -0.3 is 19.3 Å². The molecule has 1 aromatic carbocycles. The van der Waals surface area contributed by atoms with Gasteiger partial charge in [0.05, 0.1) is 33.0 Å². The van der Waals surface area contributed by atoms with Crippen LogP contribution in [0.2, 0.25) is 0 Å². The van der Waals surface area contributed by atoms with E-state index in [0.29, 0.717) is 13.2 Å². The van der Waals surface area contributed by atoms with Crippen LogP contribution in [0.3, 0.4) is 0 Å². The maximum atomic E-state index is 10.4. The van der Waals surface area contributed by atoms with Gasteiger partial charge in [-0.3, -0.25) is 9.80 Å². The number of β-amino-alcohol motifs (C(OH)–C–C–N with tert-alkyl or cyclic N) is 1. The first-order valence-electron chi connectivity index (χ1n) is 8.58. The fraction of sp³-hybridized carbons (Fsp3) is 0.667. The highest BCUT2D eigenvalue weighted by Gasteiger charge is 2.35. The number of ether oxygens (including phenoxy) is 3. The van der Waals surface area contributed by atoms with Crippen molar-refractivity contribution in [1.29, 1.82) is 0 Å². The van der Waals surface area contributed by atoms with Crippen LogP contribution in [0.25, 0.3) is 0 Å². The average molecular weight is 336 g/mol. The Hall–Kier alpha value is -1.18. The molecule has 0 amide bonds. The van der Waals surface area contributed by atoms with Crippen LogP contribution in [0.5, 0.6) is 5.75 Å². The van der Waals surface area contributed by atoms with Crippen molar-refractivity contribution in [3.8, 4) is 5.75 Å². The quantitative estimate of drug-likeness (QED) is 0.826. The smallest absolute Gasteiger partial charge is 0.124 e. The first kappa shape index (κ1) is 17.6. The van der Waals surface area contributed by atoms with Crippen LogP contribution in [0.4, 0.5) is 0 Å². The van der Waals surface area contributed by atoms with E-state index in [-0.39, 0.29) is 12.1 Å². The predicted octanol–water partition coefficient (Wildman–Crippen LogP) is 0.719. The number of aliphatic hydroxyl groups excluding tert-OH is 1. The highest BCUT2D eigenvalue weighted by molar-refractivity contribution is 5.37. The Morgan fingerprint density at radius 3 is 2.71 bits per heavy atom. The maximum absolute atomic E-state index is 10.4. The topological polar surface area (TPSA) is 54.4 Å². The van der Waals surface area contributed by atoms with Gasteiger partial charge in [0.15, 0.2) is 0 Å². The number of rotatable bonds is 6. The van der Waals surface area contributed by atoms with E-state index < -0.39 is 0 Å². The second kappa shape index (κ2) is 8.27. The molecule has 0 aliphatic carbocycles. The number of likely N-dealkylation sites (tertiary alicyclic amines) is 1. The Balaban J connectivity index is 1.63. The van der Waals surface area contributed by atoms with Gasteiger partial charge in [-0.2, -0.15) is 0 Å². The summed E-state index contributed by atoms with van der Waals surface area (Å²) in [5.41, 5.74) is 2.28. The van der Waals surface area contributed by atoms with Crippen LogP contribution in [0.1, 0.15) is 11.1 Å². The van der Waals surface area contributed by atoms with E-state index in [0.717, 1.165) is 50.7 Å². The molecule has 2 aliphatic heterocycles. The number of methoxy groups -OCH3 is 2. The van der Waals surface area contributed by atoms with Gasteiger partial charge in [-0.05, 0) is 17.7 Å². The van der Waals surface area contributed by atoms with E-state index in [1.807, 2.05) is 6.07 Å². The minimum atomic E-state index is -0.292. The Morgan fingerprint density at radius 2 is 2.00 bits per heavy atom. The van der Waals surface area contributed by atoms with Crippen LogP contribution < -0.4 is 4.74 Å². The maximum Gasteiger partial charge on any atom is 0.124 e. The summed E-state index contributed by atoms with van der Waals surface area (Å²) < 4.78 is 16.1. The summed E-state index contributed by atoms with van der Waals surface area (Å²) in [6.45, 7) is 6.34. The van der Waals surface area contributed by atoms with E-state index in [1.54, 1.807) is 14.2 Å². The van der Waals surface area contributed by atoms with Crippen LogP contribution in [-0.2, 0) is 22.6 Å². The molecule has 6 nitrogen and oxygen atoms in total. The minimum Gasteiger partial charge on any atom is -0.496 e. The van der Waals surface area contributed by atoms with Crippen LogP contribution in [0.15, 0.2) is 18.2 Å². The molecule has 0 radical (unpaired) electrons. The van der Waals surface area contributed by atoms with E-state index in [9.17, 15) is 5.11 Å². The summed E-state index contributed by atoms with van der Waals surface area (Å²) in [6, 6.07) is 6.43. The second-order valence-corrected chi connectivity index (χ2v) is 6.56. The Morgan fingerprint density at radius 1 is 1.21 bits per heavy atom. The molecule has 2 saturated heterocycles. The molecule has 1 N–H and O–H groups in total. The molecular formula is C18H28N2O4. The fourth-order valence-corrected chi connectivity index (χ4v) is 3.70. The van der Waals surface area contributed by atoms with Crippen molar-refractivity contribution >= 4 is 0 Å². The second-order valence-electron chi connectivity index (χ2n) is 6.56. The molecule has 0 unspecified atom stereocenters. The van der Waals surface area contributed by atoms with Crippen LogP contribution >= 0.6 is 0 Å². The molecule has 0 saturated carbocycles. The molecule has 24 heavy (non-hydrogen) atoms. The molecule has 2 atom stereocenters. The van der Waals surface area contributed by atoms with E-state index in [1.165, 1.54) is 5.56 Å². The summed E-state index contributed by atoms with van der Waals surface area (Å²) in [7, 11) is 3.37. The molecule has 2 heterocycles. The third-order valence-electron chi connectivity index (χ3n) is 4.90. The van der Waals surface area contributed by atoms with Crippen molar-refractivity contribution in [2.24, 2.45) is 0 Å². The Kier molecular flexibility index (Phi) is 6.08. The minimum absolute atomic E-state index is 0.214. The van der Waals surface area contributed by atoms with Crippen LogP contribution in [-0.4, -0.2) is 80.7 Å². The Bertz CT molecular complexity index is 534. The van der Waals surface area contributed by atoms with Gasteiger partial charge in [-0.25, -0.2) is 0 Å². The number of morpholine rings is 1. The molecule has 0 bridgehead atoms. The lowest BCUT2D eigenvalue weighted by Gasteiger charge is -2.33. The van der Waals surface area contributed by atoms with Gasteiger partial charge in [-0.1, -0.05) is 6.07 Å². The zero-order valence-corrected chi connectivity index (χ0v) is 14.6. The van der Waals surface area contributed by atoms with Gasteiger partial charge in [0.1, 0.15) is 5.75 Å². The van der Waals surface area contributed by atoms with E-state index >= 15 is 0 Å². The summed E-state index contributed by atoms with van der Waals surface area (Å²) in [5, 5.41) is 10.4. The third-order valence-corrected chi connectivity index (χ3v) is 4.90. The normalized spacial score (nSPS) is 26.0. The lowest BCUT2D eigenvalue weighted by atomic mass is 10.1. The van der Waals surface area contributed by atoms with Gasteiger partial charge in [0.2, 0.25) is 0 Å². The van der Waals surface area contributed by atoms with Crippen molar-refractivity contribution in [1.82, 2.24) is 9.80 Å². The summed E-state index contributed by atoms with van der Waals surface area (Å²) >= 11 is 0. The number of aliphatic hydroxyl groups is 1. The molecule has 0 spiro atoms. The Labute approximate surface area is 143 Å². The zero-order chi connectivity index (χ0) is 16.9. The van der Waals surface area contributed by atoms with Gasteiger partial charge in [0.25, 0.3) is 0 Å².